The Labute approximate surface area is 159 Å². The number of benzene rings is 2. The number of hydrazone groups is 1. The summed E-state index contributed by atoms with van der Waals surface area (Å²) >= 11 is 0. The van der Waals surface area contributed by atoms with Gasteiger partial charge >= 0.3 is 0 Å². The van der Waals surface area contributed by atoms with E-state index < -0.39 is 0 Å². The first-order chi connectivity index (χ1) is 13.0. The molecule has 0 aliphatic carbocycles. The van der Waals surface area contributed by atoms with Crippen LogP contribution >= 0.6 is 0 Å². The van der Waals surface area contributed by atoms with Gasteiger partial charge in [0, 0.05) is 41.2 Å². The van der Waals surface area contributed by atoms with Crippen molar-refractivity contribution in [3.8, 4) is 17.2 Å². The Balaban J connectivity index is 2.13. The number of nitrogens with zero attached hydrogens (tertiary/aromatic N) is 2. The number of methoxy groups -OCH3 is 3. The lowest BCUT2D eigenvalue weighted by atomic mass is 9.91. The fourth-order valence-electron chi connectivity index (χ4n) is 3.54. The number of fused-ring (bicyclic) bond motifs is 1. The van der Waals surface area contributed by atoms with E-state index in [2.05, 4.69) is 34.8 Å². The van der Waals surface area contributed by atoms with Crippen molar-refractivity contribution in [2.24, 2.45) is 18.0 Å². The average Bonchev–Trinajstić information content (AvgIpc) is 3.01. The van der Waals surface area contributed by atoms with Gasteiger partial charge in [-0.2, -0.15) is 5.10 Å². The zero-order chi connectivity index (χ0) is 19.6. The minimum Gasteiger partial charge on any atom is -0.493 e. The molecule has 1 atom stereocenters. The first kappa shape index (κ1) is 18.6. The van der Waals surface area contributed by atoms with Crippen LogP contribution < -0.4 is 20.1 Å². The minimum absolute atomic E-state index is 0.0898. The standard InChI is InChI=1S/C21H25N3O3/c1-13(16-7-9-19(25-3)21(27-5)20(16)26-4)14-6-8-18-17(10-14)15(11-23-22)12-24(18)2/h6-13H,22H2,1-5H3/b23-11+. The van der Waals surface area contributed by atoms with Gasteiger partial charge in [-0.3, -0.25) is 0 Å². The van der Waals surface area contributed by atoms with Gasteiger partial charge in [0.05, 0.1) is 27.5 Å². The number of hydrogen-bond donors (Lipinski definition) is 1. The molecular formula is C21H25N3O3. The largest absolute Gasteiger partial charge is 0.493 e. The number of nitrogens with two attached hydrogens (primary N) is 1. The molecule has 142 valence electrons. The predicted octanol–water partition coefficient (Wildman–Crippen LogP) is 3.65. The molecule has 0 saturated heterocycles. The zero-order valence-corrected chi connectivity index (χ0v) is 16.3. The second-order valence-corrected chi connectivity index (χ2v) is 6.40. The van der Waals surface area contributed by atoms with Crippen LogP contribution in [0, 0.1) is 0 Å². The van der Waals surface area contributed by atoms with E-state index in [0.717, 1.165) is 27.6 Å². The summed E-state index contributed by atoms with van der Waals surface area (Å²) in [4.78, 5) is 0. The number of ether oxygens (including phenoxy) is 3. The van der Waals surface area contributed by atoms with E-state index >= 15 is 0 Å². The fraction of sp³-hybridized carbons (Fsp3) is 0.286. The summed E-state index contributed by atoms with van der Waals surface area (Å²) in [7, 11) is 6.88. The van der Waals surface area contributed by atoms with Crippen molar-refractivity contribution in [1.29, 1.82) is 0 Å². The van der Waals surface area contributed by atoms with Gasteiger partial charge < -0.3 is 24.6 Å². The molecule has 0 radical (unpaired) electrons. The van der Waals surface area contributed by atoms with E-state index in [4.69, 9.17) is 20.1 Å². The quantitative estimate of drug-likeness (QED) is 0.410. The number of aromatic nitrogens is 1. The minimum atomic E-state index is 0.0898. The van der Waals surface area contributed by atoms with Crippen molar-refractivity contribution in [3.63, 3.8) is 0 Å². The molecule has 27 heavy (non-hydrogen) atoms. The summed E-state index contributed by atoms with van der Waals surface area (Å²) < 4.78 is 18.6. The molecule has 0 spiro atoms. The molecule has 0 aliphatic heterocycles. The Morgan fingerprint density at radius 2 is 1.78 bits per heavy atom. The third kappa shape index (κ3) is 3.18. The maximum Gasteiger partial charge on any atom is 0.203 e. The van der Waals surface area contributed by atoms with Crippen molar-refractivity contribution in [1.82, 2.24) is 4.57 Å². The van der Waals surface area contributed by atoms with Gasteiger partial charge in [0.1, 0.15) is 0 Å². The van der Waals surface area contributed by atoms with Gasteiger partial charge in [-0.15, -0.1) is 0 Å². The maximum atomic E-state index is 5.66. The van der Waals surface area contributed by atoms with Gasteiger partial charge in [-0.05, 0) is 23.8 Å². The Hall–Kier alpha value is -3.15. The summed E-state index contributed by atoms with van der Waals surface area (Å²) in [5.74, 6) is 7.38. The zero-order valence-electron chi connectivity index (χ0n) is 16.3. The summed E-state index contributed by atoms with van der Waals surface area (Å²) in [5, 5.41) is 4.79. The molecule has 1 unspecified atom stereocenters. The lowest BCUT2D eigenvalue weighted by Gasteiger charge is -2.20. The van der Waals surface area contributed by atoms with E-state index in [-0.39, 0.29) is 5.92 Å². The van der Waals surface area contributed by atoms with Crippen LogP contribution in [0.5, 0.6) is 17.2 Å². The summed E-state index contributed by atoms with van der Waals surface area (Å²) in [6, 6.07) is 10.3. The highest BCUT2D eigenvalue weighted by Crippen LogP contribution is 2.44. The number of rotatable bonds is 6. The second kappa shape index (κ2) is 7.61. The highest BCUT2D eigenvalue weighted by molar-refractivity contribution is 5.99. The molecule has 6 heteroatoms. The summed E-state index contributed by atoms with van der Waals surface area (Å²) in [6.45, 7) is 2.14. The fourth-order valence-corrected chi connectivity index (χ4v) is 3.54. The van der Waals surface area contributed by atoms with Crippen molar-refractivity contribution < 1.29 is 14.2 Å². The predicted molar refractivity (Wildman–Crippen MR) is 108 cm³/mol. The van der Waals surface area contributed by atoms with Crippen molar-refractivity contribution in [2.45, 2.75) is 12.8 Å². The molecule has 0 amide bonds. The van der Waals surface area contributed by atoms with Crippen molar-refractivity contribution in [2.75, 3.05) is 21.3 Å². The topological polar surface area (TPSA) is 71.0 Å². The number of hydrogen-bond acceptors (Lipinski definition) is 5. The van der Waals surface area contributed by atoms with Crippen LogP contribution in [0.2, 0.25) is 0 Å². The molecule has 0 saturated carbocycles. The van der Waals surface area contributed by atoms with Crippen LogP contribution in [0.3, 0.4) is 0 Å². The van der Waals surface area contributed by atoms with Gasteiger partial charge in [0.25, 0.3) is 0 Å². The van der Waals surface area contributed by atoms with Gasteiger partial charge in [0.15, 0.2) is 11.5 Å². The van der Waals surface area contributed by atoms with Gasteiger partial charge in [0.2, 0.25) is 5.75 Å². The van der Waals surface area contributed by atoms with E-state index in [1.54, 1.807) is 27.5 Å². The van der Waals surface area contributed by atoms with Crippen molar-refractivity contribution >= 4 is 17.1 Å². The van der Waals surface area contributed by atoms with Crippen LogP contribution in [0.4, 0.5) is 0 Å². The van der Waals surface area contributed by atoms with Gasteiger partial charge in [-0.1, -0.05) is 19.1 Å². The third-order valence-electron chi connectivity index (χ3n) is 4.96. The molecule has 6 nitrogen and oxygen atoms in total. The van der Waals surface area contributed by atoms with Gasteiger partial charge in [-0.25, -0.2) is 0 Å². The van der Waals surface area contributed by atoms with Crippen LogP contribution in [-0.4, -0.2) is 32.1 Å². The Morgan fingerprint density at radius 3 is 2.41 bits per heavy atom. The first-order valence-electron chi connectivity index (χ1n) is 8.66. The third-order valence-corrected chi connectivity index (χ3v) is 4.96. The second-order valence-electron chi connectivity index (χ2n) is 6.40. The summed E-state index contributed by atoms with van der Waals surface area (Å²) in [5.41, 5.74) is 4.30. The van der Waals surface area contributed by atoms with Crippen LogP contribution in [-0.2, 0) is 7.05 Å². The number of aryl methyl sites for hydroxylation is 1. The smallest absolute Gasteiger partial charge is 0.203 e. The van der Waals surface area contributed by atoms with E-state index in [0.29, 0.717) is 17.2 Å². The molecule has 1 aromatic heterocycles. The molecule has 0 aliphatic rings. The highest BCUT2D eigenvalue weighted by atomic mass is 16.5. The molecule has 0 fully saturated rings. The molecule has 2 aromatic carbocycles. The average molecular weight is 367 g/mol. The lowest BCUT2D eigenvalue weighted by molar-refractivity contribution is 0.321. The SMILES string of the molecule is COc1ccc(C(C)c2ccc3c(c2)c(/C=N/N)cn3C)c(OC)c1OC. The molecule has 3 rings (SSSR count). The van der Waals surface area contributed by atoms with Crippen molar-refractivity contribution in [3.05, 3.63) is 53.2 Å². The highest BCUT2D eigenvalue weighted by Gasteiger charge is 2.21. The lowest BCUT2D eigenvalue weighted by Crippen LogP contribution is -2.03. The van der Waals surface area contributed by atoms with Crippen LogP contribution in [0.25, 0.3) is 10.9 Å². The normalized spacial score (nSPS) is 12.5. The first-order valence-corrected chi connectivity index (χ1v) is 8.66. The Morgan fingerprint density at radius 1 is 1.04 bits per heavy atom. The maximum absolute atomic E-state index is 5.66. The van der Waals surface area contributed by atoms with E-state index in [1.807, 2.05) is 25.4 Å². The summed E-state index contributed by atoms with van der Waals surface area (Å²) in [6.07, 6.45) is 3.69. The molecule has 1 heterocycles. The van der Waals surface area contributed by atoms with Crippen LogP contribution in [0.15, 0.2) is 41.6 Å². The monoisotopic (exact) mass is 367 g/mol. The van der Waals surface area contributed by atoms with Crippen LogP contribution in [0.1, 0.15) is 29.5 Å². The molecule has 3 aromatic rings. The molecule has 0 bridgehead atoms. The molecular weight excluding hydrogens is 342 g/mol. The Kier molecular flexibility index (Phi) is 5.26. The van der Waals surface area contributed by atoms with E-state index in [1.165, 1.54) is 0 Å². The van der Waals surface area contributed by atoms with E-state index in [9.17, 15) is 0 Å². The molecule has 2 N–H and O–H groups in total. The Bertz CT molecular complexity index is 992.